The molecule has 2 rings (SSSR count). The maximum Gasteiger partial charge on any atom is 0.441 e. The Morgan fingerprint density at radius 2 is 1.59 bits per heavy atom. The van der Waals surface area contributed by atoms with E-state index in [0.29, 0.717) is 0 Å². The maximum absolute atomic E-state index is 14.1. The average Bonchev–Trinajstić information content (AvgIpc) is 2.67. The third-order valence-electron chi connectivity index (χ3n) is 4.25. The Labute approximate surface area is 167 Å². The number of benzene rings is 2. The normalized spacial score (nSPS) is 13.5. The van der Waals surface area contributed by atoms with E-state index in [9.17, 15) is 22.8 Å². The first-order valence-electron chi connectivity index (χ1n) is 9.10. The van der Waals surface area contributed by atoms with Crippen LogP contribution in [-0.4, -0.2) is 30.3 Å². The van der Waals surface area contributed by atoms with E-state index in [4.69, 9.17) is 0 Å². The van der Waals surface area contributed by atoms with E-state index >= 15 is 0 Å². The highest BCUT2D eigenvalue weighted by molar-refractivity contribution is 5.99. The van der Waals surface area contributed by atoms with Crippen LogP contribution in [0.1, 0.15) is 42.6 Å². The standard InChI is InChI=1S/C21H23F3N2O3/c1-4-29-19(28)20(21(22,23)24,26-18(27)16-8-6-5-7-9-16)25-17-12-10-15(11-13-17)14(2)3/h5-14,25H,4H2,1-3H3,(H,26,27)/t20-/m0/s1. The molecule has 156 valence electrons. The molecule has 2 aromatic carbocycles. The molecule has 0 saturated carbocycles. The molecule has 1 amide bonds. The van der Waals surface area contributed by atoms with Gasteiger partial charge in [0.15, 0.2) is 0 Å². The van der Waals surface area contributed by atoms with Crippen LogP contribution in [-0.2, 0) is 9.53 Å². The lowest BCUT2D eigenvalue weighted by Crippen LogP contribution is -2.69. The zero-order valence-electron chi connectivity index (χ0n) is 16.3. The first-order valence-corrected chi connectivity index (χ1v) is 9.10. The minimum absolute atomic E-state index is 0.00754. The van der Waals surface area contributed by atoms with Gasteiger partial charge in [0, 0.05) is 11.3 Å². The summed E-state index contributed by atoms with van der Waals surface area (Å²) in [6, 6.07) is 13.5. The Hall–Kier alpha value is -3.03. The monoisotopic (exact) mass is 408 g/mol. The van der Waals surface area contributed by atoms with Crippen molar-refractivity contribution in [2.24, 2.45) is 0 Å². The van der Waals surface area contributed by atoms with Crippen LogP contribution < -0.4 is 10.6 Å². The molecule has 0 aliphatic rings. The van der Waals surface area contributed by atoms with Crippen LogP contribution in [0.4, 0.5) is 18.9 Å². The number of halogens is 3. The van der Waals surface area contributed by atoms with Gasteiger partial charge in [0.25, 0.3) is 5.91 Å². The minimum atomic E-state index is -5.18. The third kappa shape index (κ3) is 5.07. The lowest BCUT2D eigenvalue weighted by Gasteiger charge is -2.35. The summed E-state index contributed by atoms with van der Waals surface area (Å²) in [6.07, 6.45) is -5.18. The summed E-state index contributed by atoms with van der Waals surface area (Å²) >= 11 is 0. The number of alkyl halides is 3. The zero-order chi connectivity index (χ0) is 21.7. The van der Waals surface area contributed by atoms with Crippen molar-refractivity contribution in [3.05, 3.63) is 65.7 Å². The summed E-state index contributed by atoms with van der Waals surface area (Å²) in [4.78, 5) is 24.9. The van der Waals surface area contributed by atoms with Crippen LogP contribution >= 0.6 is 0 Å². The van der Waals surface area contributed by atoms with Gasteiger partial charge in [0.2, 0.25) is 0 Å². The zero-order valence-corrected chi connectivity index (χ0v) is 16.3. The number of nitrogens with one attached hydrogen (secondary N) is 2. The van der Waals surface area contributed by atoms with Crippen LogP contribution in [0, 0.1) is 0 Å². The molecule has 2 aromatic rings. The largest absolute Gasteiger partial charge is 0.463 e. The first kappa shape index (κ1) is 22.3. The van der Waals surface area contributed by atoms with Gasteiger partial charge in [-0.2, -0.15) is 13.2 Å². The number of anilines is 1. The van der Waals surface area contributed by atoms with Gasteiger partial charge in [0.1, 0.15) is 0 Å². The van der Waals surface area contributed by atoms with Crippen LogP contribution in [0.2, 0.25) is 0 Å². The predicted octanol–water partition coefficient (Wildman–Crippen LogP) is 4.47. The third-order valence-corrected chi connectivity index (χ3v) is 4.25. The SMILES string of the molecule is CCOC(=O)[C@@](NC(=O)c1ccccc1)(Nc1ccc(C(C)C)cc1)C(F)(F)F. The van der Waals surface area contributed by atoms with E-state index in [1.807, 2.05) is 19.2 Å². The topological polar surface area (TPSA) is 67.4 Å². The molecule has 0 unspecified atom stereocenters. The summed E-state index contributed by atoms with van der Waals surface area (Å²) in [5.74, 6) is -2.54. The Morgan fingerprint density at radius 3 is 2.07 bits per heavy atom. The highest BCUT2D eigenvalue weighted by Gasteiger charge is 2.63. The highest BCUT2D eigenvalue weighted by atomic mass is 19.4. The van der Waals surface area contributed by atoms with E-state index in [-0.39, 0.29) is 23.8 Å². The number of ether oxygens (including phenoxy) is 1. The summed E-state index contributed by atoms with van der Waals surface area (Å²) in [5, 5.41) is 3.96. The average molecular weight is 408 g/mol. The molecule has 0 aliphatic heterocycles. The quantitative estimate of drug-likeness (QED) is 0.524. The van der Waals surface area contributed by atoms with E-state index in [1.54, 1.807) is 18.2 Å². The summed E-state index contributed by atoms with van der Waals surface area (Å²) in [5.41, 5.74) is -2.55. The Bertz CT molecular complexity index is 836. The molecule has 29 heavy (non-hydrogen) atoms. The fourth-order valence-electron chi connectivity index (χ4n) is 2.63. The number of carbonyl (C=O) groups excluding carboxylic acids is 2. The van der Waals surface area contributed by atoms with Crippen molar-refractivity contribution in [3.63, 3.8) is 0 Å². The van der Waals surface area contributed by atoms with Crippen LogP contribution in [0.25, 0.3) is 0 Å². The van der Waals surface area contributed by atoms with Crippen molar-refractivity contribution in [2.45, 2.75) is 38.5 Å². The highest BCUT2D eigenvalue weighted by Crippen LogP contribution is 2.34. The van der Waals surface area contributed by atoms with E-state index < -0.39 is 23.7 Å². The van der Waals surface area contributed by atoms with Crippen LogP contribution in [0.3, 0.4) is 0 Å². The smallest absolute Gasteiger partial charge is 0.441 e. The van der Waals surface area contributed by atoms with Gasteiger partial charge in [0.05, 0.1) is 6.61 Å². The van der Waals surface area contributed by atoms with Gasteiger partial charge in [-0.05, 0) is 42.7 Å². The fourth-order valence-corrected chi connectivity index (χ4v) is 2.63. The van der Waals surface area contributed by atoms with E-state index in [2.05, 4.69) is 10.1 Å². The summed E-state index contributed by atoms with van der Waals surface area (Å²) in [7, 11) is 0. The number of hydrogen-bond acceptors (Lipinski definition) is 4. The Kier molecular flexibility index (Phi) is 6.89. The molecular formula is C21H23F3N2O3. The van der Waals surface area contributed by atoms with Crippen molar-refractivity contribution in [1.82, 2.24) is 5.32 Å². The molecule has 0 bridgehead atoms. The second kappa shape index (κ2) is 8.98. The molecule has 8 heteroatoms. The van der Waals surface area contributed by atoms with Crippen molar-refractivity contribution in [1.29, 1.82) is 0 Å². The molecule has 0 saturated heterocycles. The van der Waals surface area contributed by atoms with Gasteiger partial charge < -0.3 is 15.4 Å². The second-order valence-corrected chi connectivity index (χ2v) is 6.69. The lowest BCUT2D eigenvalue weighted by atomic mass is 10.0. The molecule has 0 spiro atoms. The molecule has 0 aliphatic carbocycles. The molecule has 0 aromatic heterocycles. The summed E-state index contributed by atoms with van der Waals surface area (Å²) < 4.78 is 47.1. The Balaban J connectivity index is 2.47. The molecule has 0 radical (unpaired) electrons. The number of esters is 1. The van der Waals surface area contributed by atoms with Crippen LogP contribution in [0.5, 0.6) is 0 Å². The van der Waals surface area contributed by atoms with Crippen LogP contribution in [0.15, 0.2) is 54.6 Å². The molecule has 0 fully saturated rings. The number of hydrogen-bond donors (Lipinski definition) is 2. The molecular weight excluding hydrogens is 385 g/mol. The predicted molar refractivity (Wildman–Crippen MR) is 103 cm³/mol. The van der Waals surface area contributed by atoms with Crippen molar-refractivity contribution in [3.8, 4) is 0 Å². The maximum atomic E-state index is 14.1. The lowest BCUT2D eigenvalue weighted by molar-refractivity contribution is -0.204. The molecule has 2 N–H and O–H groups in total. The fraction of sp³-hybridized carbons (Fsp3) is 0.333. The van der Waals surface area contributed by atoms with Gasteiger partial charge >= 0.3 is 17.8 Å². The van der Waals surface area contributed by atoms with Gasteiger partial charge in [-0.25, -0.2) is 4.79 Å². The van der Waals surface area contributed by atoms with E-state index in [1.165, 1.54) is 43.3 Å². The molecule has 1 atom stereocenters. The molecule has 5 nitrogen and oxygen atoms in total. The van der Waals surface area contributed by atoms with Gasteiger partial charge in [-0.1, -0.05) is 44.2 Å². The van der Waals surface area contributed by atoms with Crippen molar-refractivity contribution < 1.29 is 27.5 Å². The second-order valence-electron chi connectivity index (χ2n) is 6.69. The minimum Gasteiger partial charge on any atom is -0.463 e. The van der Waals surface area contributed by atoms with E-state index in [0.717, 1.165) is 5.56 Å². The number of amides is 1. The van der Waals surface area contributed by atoms with Crippen molar-refractivity contribution >= 4 is 17.6 Å². The summed E-state index contributed by atoms with van der Waals surface area (Å²) in [6.45, 7) is 4.99. The van der Waals surface area contributed by atoms with Crippen molar-refractivity contribution in [2.75, 3.05) is 11.9 Å². The Morgan fingerprint density at radius 1 is 1.00 bits per heavy atom. The van der Waals surface area contributed by atoms with Gasteiger partial charge in [-0.3, -0.25) is 4.79 Å². The number of rotatable bonds is 7. The number of carbonyl (C=O) groups is 2. The first-order chi connectivity index (χ1) is 13.6. The van der Waals surface area contributed by atoms with Gasteiger partial charge in [-0.15, -0.1) is 0 Å². The molecule has 0 heterocycles.